The Hall–Kier alpha value is -3.22. The van der Waals surface area contributed by atoms with Crippen molar-refractivity contribution >= 4 is 11.7 Å². The normalized spacial score (nSPS) is 13.3. The zero-order chi connectivity index (χ0) is 22.5. The lowest BCUT2D eigenvalue weighted by Crippen LogP contribution is -2.35. The number of amides is 1. The van der Waals surface area contributed by atoms with Gasteiger partial charge in [0.15, 0.2) is 5.78 Å². The van der Waals surface area contributed by atoms with Crippen molar-refractivity contribution in [1.29, 1.82) is 0 Å². The molecule has 4 rings (SSSR count). The summed E-state index contributed by atoms with van der Waals surface area (Å²) in [5.74, 6) is 1.66. The van der Waals surface area contributed by atoms with Gasteiger partial charge in [0.25, 0.3) is 5.91 Å². The van der Waals surface area contributed by atoms with E-state index in [4.69, 9.17) is 9.15 Å². The van der Waals surface area contributed by atoms with Gasteiger partial charge >= 0.3 is 0 Å². The third-order valence-electron chi connectivity index (χ3n) is 5.75. The fourth-order valence-electron chi connectivity index (χ4n) is 3.93. The van der Waals surface area contributed by atoms with Gasteiger partial charge in [-0.15, -0.1) is 0 Å². The van der Waals surface area contributed by atoms with Gasteiger partial charge in [0.1, 0.15) is 11.5 Å². The summed E-state index contributed by atoms with van der Waals surface area (Å²) in [4.78, 5) is 29.6. The van der Waals surface area contributed by atoms with E-state index >= 15 is 0 Å². The fraction of sp³-hybridized carbons (Fsp3) is 0.308. The van der Waals surface area contributed by atoms with Gasteiger partial charge in [0, 0.05) is 36.9 Å². The van der Waals surface area contributed by atoms with Crippen molar-refractivity contribution < 1.29 is 18.7 Å². The topological polar surface area (TPSA) is 63.0 Å². The lowest BCUT2D eigenvalue weighted by molar-refractivity contribution is 0.0718. The molecule has 1 aromatic heterocycles. The van der Waals surface area contributed by atoms with Crippen LogP contribution in [0.5, 0.6) is 0 Å². The van der Waals surface area contributed by atoms with Crippen LogP contribution in [0.3, 0.4) is 0 Å². The van der Waals surface area contributed by atoms with E-state index in [-0.39, 0.29) is 11.7 Å². The number of carbonyl (C=O) groups excluding carboxylic acids is 2. The Bertz CT molecular complexity index is 1070. The Kier molecular flexibility index (Phi) is 6.83. The molecule has 0 saturated carbocycles. The first-order valence-electron chi connectivity index (χ1n) is 10.8. The Morgan fingerprint density at radius 3 is 2.44 bits per heavy atom. The third-order valence-corrected chi connectivity index (χ3v) is 5.75. The molecule has 2 heterocycles. The number of carbonyl (C=O) groups is 2. The molecule has 0 N–H and O–H groups in total. The maximum Gasteiger partial charge on any atom is 0.254 e. The monoisotopic (exact) mass is 432 g/mol. The van der Waals surface area contributed by atoms with Crippen LogP contribution < -0.4 is 0 Å². The van der Waals surface area contributed by atoms with Gasteiger partial charge in [-0.1, -0.05) is 42.5 Å². The maximum absolute atomic E-state index is 13.0. The molecule has 0 aliphatic carbocycles. The van der Waals surface area contributed by atoms with E-state index in [1.165, 1.54) is 5.56 Å². The number of likely N-dealkylation sites (N-methyl/N-ethyl adjacent to an activating group) is 1. The average molecular weight is 433 g/mol. The van der Waals surface area contributed by atoms with Crippen LogP contribution >= 0.6 is 0 Å². The first-order valence-corrected chi connectivity index (χ1v) is 10.8. The fourth-order valence-corrected chi connectivity index (χ4v) is 3.93. The predicted octanol–water partition coefficient (Wildman–Crippen LogP) is 3.79. The predicted molar refractivity (Wildman–Crippen MR) is 122 cm³/mol. The standard InChI is InChI=1S/C26H28N2O4/c1-27(14-15-31-2)17-23-16-22-12-13-28(18-24(22)32-23)26(30)21-10-8-20(9-11-21)25(29)19-6-4-3-5-7-19/h3-11,16H,12-15,17-18H2,1-2H3. The Morgan fingerprint density at radius 2 is 1.72 bits per heavy atom. The molecular formula is C26H28N2O4. The molecule has 166 valence electrons. The zero-order valence-electron chi connectivity index (χ0n) is 18.5. The molecule has 0 radical (unpaired) electrons. The number of ether oxygens (including phenoxy) is 1. The Balaban J connectivity index is 1.40. The van der Waals surface area contributed by atoms with Crippen molar-refractivity contribution in [3.8, 4) is 0 Å². The van der Waals surface area contributed by atoms with Crippen LogP contribution in [0.15, 0.2) is 65.1 Å². The molecule has 1 aliphatic heterocycles. The van der Waals surface area contributed by atoms with Crippen molar-refractivity contribution in [2.24, 2.45) is 0 Å². The highest BCUT2D eigenvalue weighted by molar-refractivity contribution is 6.09. The molecule has 0 atom stereocenters. The number of methoxy groups -OCH3 is 1. The second kappa shape index (κ2) is 9.94. The van der Waals surface area contributed by atoms with E-state index in [0.717, 1.165) is 24.5 Å². The SMILES string of the molecule is COCCN(C)Cc1cc2c(o1)CN(C(=O)c1ccc(C(=O)c3ccccc3)cc1)CC2. The van der Waals surface area contributed by atoms with Gasteiger partial charge in [-0.2, -0.15) is 0 Å². The van der Waals surface area contributed by atoms with Crippen LogP contribution in [-0.2, 0) is 24.2 Å². The van der Waals surface area contributed by atoms with Gasteiger partial charge < -0.3 is 14.1 Å². The highest BCUT2D eigenvalue weighted by atomic mass is 16.5. The van der Waals surface area contributed by atoms with Crippen LogP contribution in [0.2, 0.25) is 0 Å². The Morgan fingerprint density at radius 1 is 1.03 bits per heavy atom. The smallest absolute Gasteiger partial charge is 0.254 e. The van der Waals surface area contributed by atoms with Crippen LogP contribution in [0, 0.1) is 0 Å². The molecule has 0 bridgehead atoms. The largest absolute Gasteiger partial charge is 0.463 e. The number of fused-ring (bicyclic) bond motifs is 1. The summed E-state index contributed by atoms with van der Waals surface area (Å²) in [7, 11) is 3.72. The van der Waals surface area contributed by atoms with Crippen LogP contribution in [-0.4, -0.2) is 55.3 Å². The van der Waals surface area contributed by atoms with Crippen LogP contribution in [0.25, 0.3) is 0 Å². The maximum atomic E-state index is 13.0. The zero-order valence-corrected chi connectivity index (χ0v) is 18.5. The van der Waals surface area contributed by atoms with Gasteiger partial charge in [0.2, 0.25) is 0 Å². The first kappa shape index (κ1) is 22.0. The van der Waals surface area contributed by atoms with E-state index in [0.29, 0.717) is 42.9 Å². The number of ketones is 1. The molecule has 2 aromatic carbocycles. The van der Waals surface area contributed by atoms with Crippen molar-refractivity contribution in [3.05, 3.63) is 94.4 Å². The van der Waals surface area contributed by atoms with Crippen molar-refractivity contribution in [2.45, 2.75) is 19.5 Å². The molecule has 0 unspecified atom stereocenters. The summed E-state index contributed by atoms with van der Waals surface area (Å²) in [6, 6.07) is 18.1. The highest BCUT2D eigenvalue weighted by Gasteiger charge is 2.25. The van der Waals surface area contributed by atoms with Gasteiger partial charge in [-0.05, 0) is 37.2 Å². The second-order valence-corrected chi connectivity index (χ2v) is 8.14. The molecule has 0 spiro atoms. The lowest BCUT2D eigenvalue weighted by Gasteiger charge is -2.26. The van der Waals surface area contributed by atoms with Crippen LogP contribution in [0.1, 0.15) is 43.4 Å². The third kappa shape index (κ3) is 4.98. The number of nitrogens with zero attached hydrogens (tertiary/aromatic N) is 2. The molecule has 6 heteroatoms. The molecule has 0 fully saturated rings. The number of hydrogen-bond acceptors (Lipinski definition) is 5. The van der Waals surface area contributed by atoms with E-state index in [1.807, 2.05) is 25.2 Å². The van der Waals surface area contributed by atoms with Crippen molar-refractivity contribution in [3.63, 3.8) is 0 Å². The van der Waals surface area contributed by atoms with Crippen LogP contribution in [0.4, 0.5) is 0 Å². The minimum Gasteiger partial charge on any atom is -0.463 e. The van der Waals surface area contributed by atoms with E-state index < -0.39 is 0 Å². The van der Waals surface area contributed by atoms with E-state index in [2.05, 4.69) is 11.0 Å². The molecule has 1 amide bonds. The van der Waals surface area contributed by atoms with Crippen molar-refractivity contribution in [1.82, 2.24) is 9.80 Å². The summed E-state index contributed by atoms with van der Waals surface area (Å²) in [6.45, 7) is 3.32. The lowest BCUT2D eigenvalue weighted by atomic mass is 10.0. The molecule has 3 aromatic rings. The number of furan rings is 1. The second-order valence-electron chi connectivity index (χ2n) is 8.14. The quantitative estimate of drug-likeness (QED) is 0.507. The summed E-state index contributed by atoms with van der Waals surface area (Å²) in [6.07, 6.45) is 0.775. The number of hydrogen-bond donors (Lipinski definition) is 0. The Labute approximate surface area is 188 Å². The van der Waals surface area contributed by atoms with Crippen molar-refractivity contribution in [2.75, 3.05) is 33.9 Å². The summed E-state index contributed by atoms with van der Waals surface area (Å²) in [5.41, 5.74) is 2.95. The van der Waals surface area contributed by atoms with Gasteiger partial charge in [0.05, 0.1) is 19.7 Å². The number of benzene rings is 2. The molecular weight excluding hydrogens is 404 g/mol. The molecule has 6 nitrogen and oxygen atoms in total. The summed E-state index contributed by atoms with van der Waals surface area (Å²) >= 11 is 0. The molecule has 1 aliphatic rings. The average Bonchev–Trinajstić information content (AvgIpc) is 3.23. The first-order chi connectivity index (χ1) is 15.5. The summed E-state index contributed by atoms with van der Waals surface area (Å²) in [5, 5.41) is 0. The van der Waals surface area contributed by atoms with E-state index in [1.54, 1.807) is 48.4 Å². The number of rotatable bonds is 8. The van der Waals surface area contributed by atoms with E-state index in [9.17, 15) is 9.59 Å². The summed E-state index contributed by atoms with van der Waals surface area (Å²) < 4.78 is 11.2. The van der Waals surface area contributed by atoms with Gasteiger partial charge in [-0.3, -0.25) is 14.5 Å². The minimum atomic E-state index is -0.0514. The molecule has 0 saturated heterocycles. The minimum absolute atomic E-state index is 0.0502. The highest BCUT2D eigenvalue weighted by Crippen LogP contribution is 2.25. The van der Waals surface area contributed by atoms with Gasteiger partial charge in [-0.25, -0.2) is 0 Å². The molecule has 32 heavy (non-hydrogen) atoms.